The molecule has 30 heteroatoms. The van der Waals surface area contributed by atoms with Crippen LogP contribution in [0.1, 0.15) is 121 Å². The molecule has 0 aromatic heterocycles. The predicted molar refractivity (Wildman–Crippen MR) is 357 cm³/mol. The number of aliphatic hydroxyl groups is 2. The molecule has 4 rings (SSSR count). The normalized spacial score (nSPS) is 15.7. The molecule has 540 valence electrons. The lowest BCUT2D eigenvalue weighted by atomic mass is 9.86. The quantitative estimate of drug-likeness (QED) is 0.0161. The lowest BCUT2D eigenvalue weighted by molar-refractivity contribution is -0.459. The highest BCUT2D eigenvalue weighted by Crippen LogP contribution is 2.26. The van der Waals surface area contributed by atoms with Gasteiger partial charge in [-0.2, -0.15) is 0 Å². The Morgan fingerprint density at radius 1 is 0.535 bits per heavy atom. The van der Waals surface area contributed by atoms with Gasteiger partial charge in [-0.1, -0.05) is 82.3 Å². The smallest absolute Gasteiger partial charge is 0.338 e. The number of phenolic OH excluding ortho intramolecular Hbond substituents is 2. The molecule has 0 saturated carbocycles. The van der Waals surface area contributed by atoms with E-state index in [0.717, 1.165) is 4.90 Å². The number of nitrogens with zero attached hydrogens (tertiary/aromatic N) is 1. The molecule has 1 aliphatic heterocycles. The van der Waals surface area contributed by atoms with E-state index in [1.807, 2.05) is 13.8 Å². The molecule has 99 heavy (non-hydrogen) atoms. The maximum atomic E-state index is 14.5. The van der Waals surface area contributed by atoms with Crippen molar-refractivity contribution in [1.82, 2.24) is 31.5 Å². The molecule has 1 fully saturated rings. The topological polar surface area (TPSA) is 522 Å². The van der Waals surface area contributed by atoms with Crippen LogP contribution < -0.4 is 54.5 Å². The van der Waals surface area contributed by atoms with Gasteiger partial charge in [0.15, 0.2) is 23.1 Å². The van der Waals surface area contributed by atoms with Gasteiger partial charge in [-0.05, 0) is 98.2 Å². The van der Waals surface area contributed by atoms with Crippen LogP contribution in [-0.4, -0.2) is 182 Å². The standard InChI is InChI=1S/C69H95N11O19/c1-38(2)24-39(3)56(86)30-45(28-43-16-20-49(84)21-17-43)65(96)76-51(12-8-22-74-69(72)73)57(87)25-40(4)63(94)77-52(33-60(70)90)58(88)31-46(26-41-10-6-5-7-11-41)66(97)78-53(34-61(91)92)59(89)32-47(36-81)68(99)80-23-9-13-55(80)67(98)75-35-50(85)29-44(27-42-14-18-48(83)19-15-42)64(95)79-54(37-82)62(71)93/h5-7,10-11,14-21,38-40,44-47,51-55,81-84H,8-9,12-13,22-37H2,1-4H3,(H2,70,90)(H2,71,93)(H,75,98)(H,76,96)(H,77,94)(H,78,97)(H,79,95)(H,91,92)(H4,72,73,74)/p+1/t39-,40+,44+,45+,46+,47-,51-,52-,53-,54-,55-/m0/s1. The van der Waals surface area contributed by atoms with Crippen molar-refractivity contribution in [2.24, 2.45) is 64.4 Å². The molecule has 30 nitrogen and oxygen atoms in total. The summed E-state index contributed by atoms with van der Waals surface area (Å²) in [5, 5.41) is 62.2. The van der Waals surface area contributed by atoms with Gasteiger partial charge >= 0.3 is 11.9 Å². The fourth-order valence-electron chi connectivity index (χ4n) is 11.6. The molecule has 11 atom stereocenters. The number of carboxylic acid groups (broad SMARTS) is 1. The van der Waals surface area contributed by atoms with Crippen LogP contribution in [0.2, 0.25) is 0 Å². The minimum absolute atomic E-state index is 0.0128. The second kappa shape index (κ2) is 40.7. The van der Waals surface area contributed by atoms with E-state index in [2.05, 4.69) is 31.6 Å². The van der Waals surface area contributed by atoms with Gasteiger partial charge in [0.1, 0.15) is 29.4 Å². The number of aliphatic hydroxyl groups excluding tert-OH is 2. The second-order valence-electron chi connectivity index (χ2n) is 25.8. The number of primary amides is 2. The number of aromatic hydroxyl groups is 2. The molecule has 0 radical (unpaired) electrons. The number of nitrogens with one attached hydrogen (secondary N) is 6. The van der Waals surface area contributed by atoms with Crippen LogP contribution >= 0.6 is 0 Å². The monoisotopic (exact) mass is 1380 g/mol. The lowest BCUT2D eigenvalue weighted by Gasteiger charge is -2.28. The summed E-state index contributed by atoms with van der Waals surface area (Å²) in [5.74, 6) is -19.0. The van der Waals surface area contributed by atoms with Crippen molar-refractivity contribution in [3.05, 3.63) is 95.6 Å². The molecule has 19 N–H and O–H groups in total. The van der Waals surface area contributed by atoms with Gasteiger partial charge in [-0.25, -0.2) is 0 Å². The Bertz CT molecular complexity index is 3340. The number of carboxylic acids is 1. The number of carbonyl (C=O) groups is 14. The summed E-state index contributed by atoms with van der Waals surface area (Å²) in [5.41, 5.74) is 23.7. The molecule has 3 aromatic carbocycles. The Labute approximate surface area is 573 Å². The molecule has 8 amide bonds. The SMILES string of the molecule is CC(C)C[C@H](C)C(=O)C[C@@H](Cc1ccc(O)cc1)C(=O)N[C@@H](CCC[NH+]=C(N)N)C(=O)C[C@@H](C)C(=O)N[C@@H](CC(N)=O)C(=O)C[C@@H](Cc1ccccc1)C(=O)N[C@@H](CC(=O)O)C(=O)C[C@@H](CO)C(=O)N1CCC[C@H]1C(=O)NCC(=O)C[C@@H](Cc1ccc(O)cc1)C(=O)N[C@@H](CO)C(N)=O. The summed E-state index contributed by atoms with van der Waals surface area (Å²) < 4.78 is 0. The van der Waals surface area contributed by atoms with Crippen LogP contribution in [0, 0.1) is 41.4 Å². The first-order valence-corrected chi connectivity index (χ1v) is 32.9. The molecule has 0 spiro atoms. The van der Waals surface area contributed by atoms with Crippen molar-refractivity contribution in [3.8, 4) is 11.5 Å². The maximum absolute atomic E-state index is 14.5. The highest BCUT2D eigenvalue weighted by molar-refractivity contribution is 6.00. The summed E-state index contributed by atoms with van der Waals surface area (Å²) in [6.07, 6.45) is -3.73. The molecular weight excluding hydrogens is 1290 g/mol. The van der Waals surface area contributed by atoms with E-state index in [9.17, 15) is 92.7 Å². The van der Waals surface area contributed by atoms with Crippen LogP contribution in [0.3, 0.4) is 0 Å². The van der Waals surface area contributed by atoms with Gasteiger partial charge < -0.3 is 68.5 Å². The number of aliphatic carboxylic acids is 1. The second-order valence-corrected chi connectivity index (χ2v) is 25.8. The van der Waals surface area contributed by atoms with Crippen LogP contribution in [0.4, 0.5) is 0 Å². The number of rotatable bonds is 45. The Morgan fingerprint density at radius 3 is 1.51 bits per heavy atom. The van der Waals surface area contributed by atoms with Gasteiger partial charge in [0, 0.05) is 68.2 Å². The van der Waals surface area contributed by atoms with Crippen LogP contribution in [0.5, 0.6) is 11.5 Å². The number of Topliss-reactive ketones (excluding diaryl/α,β-unsaturated/α-hetero) is 5. The number of hydrogen-bond acceptors (Lipinski definition) is 18. The fraction of sp³-hybridized carbons (Fsp3) is 0.522. The van der Waals surface area contributed by atoms with Crippen molar-refractivity contribution in [3.63, 3.8) is 0 Å². The van der Waals surface area contributed by atoms with Crippen LogP contribution in [0.25, 0.3) is 0 Å². The molecule has 1 saturated heterocycles. The van der Waals surface area contributed by atoms with E-state index >= 15 is 0 Å². The highest BCUT2D eigenvalue weighted by atomic mass is 16.4. The third kappa shape index (κ3) is 28.2. The number of carbonyl (C=O) groups excluding carboxylic acids is 13. The third-order valence-corrected chi connectivity index (χ3v) is 17.0. The Hall–Kier alpha value is -9.97. The van der Waals surface area contributed by atoms with E-state index < -0.39 is 194 Å². The van der Waals surface area contributed by atoms with E-state index in [4.69, 9.17) is 22.9 Å². The first-order valence-electron chi connectivity index (χ1n) is 32.9. The van der Waals surface area contributed by atoms with Crippen molar-refractivity contribution in [2.45, 2.75) is 154 Å². The Kier molecular flexibility index (Phi) is 33.5. The van der Waals surface area contributed by atoms with Crippen LogP contribution in [0.15, 0.2) is 78.9 Å². The fourth-order valence-corrected chi connectivity index (χ4v) is 11.6. The zero-order valence-corrected chi connectivity index (χ0v) is 56.3. The van der Waals surface area contributed by atoms with E-state index in [1.165, 1.54) is 43.3 Å². The molecule has 1 aliphatic rings. The number of nitrogens with two attached hydrogens (primary N) is 4. The van der Waals surface area contributed by atoms with Gasteiger partial charge in [-0.3, -0.25) is 83.6 Å². The number of benzene rings is 3. The molecule has 0 aliphatic carbocycles. The van der Waals surface area contributed by atoms with Gasteiger partial charge in [0.25, 0.3) is 0 Å². The maximum Gasteiger partial charge on any atom is 0.338 e. The van der Waals surface area contributed by atoms with Crippen molar-refractivity contribution in [1.29, 1.82) is 0 Å². The van der Waals surface area contributed by atoms with Crippen molar-refractivity contribution >= 4 is 88.1 Å². The van der Waals surface area contributed by atoms with Crippen molar-refractivity contribution < 1.29 is 97.6 Å². The van der Waals surface area contributed by atoms with E-state index in [0.29, 0.717) is 23.1 Å². The number of likely N-dealkylation sites (tertiary alicyclic amines) is 1. The summed E-state index contributed by atoms with van der Waals surface area (Å²) in [6.45, 7) is 4.73. The number of guanidine groups is 1. The number of amides is 8. The summed E-state index contributed by atoms with van der Waals surface area (Å²) in [6, 6.07) is 12.4. The molecule has 0 unspecified atom stereocenters. The molecule has 0 bridgehead atoms. The van der Waals surface area contributed by atoms with Gasteiger partial charge in [-0.15, -0.1) is 0 Å². The number of hydrogen-bond donors (Lipinski definition) is 15. The first-order chi connectivity index (χ1) is 46.8. The van der Waals surface area contributed by atoms with Gasteiger partial charge in [0.2, 0.25) is 47.3 Å². The average molecular weight is 1380 g/mol. The average Bonchev–Trinajstić information content (AvgIpc) is 1.77. The third-order valence-electron chi connectivity index (χ3n) is 17.0. The van der Waals surface area contributed by atoms with E-state index in [1.54, 1.807) is 49.4 Å². The zero-order chi connectivity index (χ0) is 73.6. The number of phenols is 2. The predicted octanol–water partition coefficient (Wildman–Crippen LogP) is -2.29. The minimum atomic E-state index is -1.88. The summed E-state index contributed by atoms with van der Waals surface area (Å²) in [7, 11) is 0. The van der Waals surface area contributed by atoms with Crippen LogP contribution in [-0.2, 0) is 86.4 Å². The molecular formula is C69H96N11O19+. The highest BCUT2D eigenvalue weighted by Gasteiger charge is 2.40. The number of ketones is 5. The summed E-state index contributed by atoms with van der Waals surface area (Å²) >= 11 is 0. The zero-order valence-electron chi connectivity index (χ0n) is 56.3. The Morgan fingerprint density at radius 2 is 1.01 bits per heavy atom. The minimum Gasteiger partial charge on any atom is -0.508 e. The largest absolute Gasteiger partial charge is 0.508 e. The molecule has 1 heterocycles. The van der Waals surface area contributed by atoms with E-state index in [-0.39, 0.29) is 99.5 Å². The summed E-state index contributed by atoms with van der Waals surface area (Å²) in [4.78, 5) is 194. The molecule has 3 aromatic rings. The van der Waals surface area contributed by atoms with Gasteiger partial charge in [0.05, 0.1) is 63.2 Å². The lowest BCUT2D eigenvalue weighted by Crippen LogP contribution is -2.78. The first kappa shape index (κ1) is 81.5. The van der Waals surface area contributed by atoms with Crippen molar-refractivity contribution in [2.75, 3.05) is 32.8 Å². The Balaban J connectivity index is 1.50.